The Labute approximate surface area is 154 Å². The van der Waals surface area contributed by atoms with Crippen LogP contribution in [0.2, 0.25) is 0 Å². The molecule has 1 heterocycles. The third-order valence-electron chi connectivity index (χ3n) is 3.87. The van der Waals surface area contributed by atoms with Crippen molar-refractivity contribution in [3.05, 3.63) is 75.5 Å². The molecule has 0 atom stereocenters. The average molecular weight is 400 g/mol. The lowest BCUT2D eigenvalue weighted by Gasteiger charge is -2.06. The molecule has 1 aromatic heterocycles. The Balaban J connectivity index is 2.04. The summed E-state index contributed by atoms with van der Waals surface area (Å²) in [5.74, 6) is -0.319. The predicted molar refractivity (Wildman–Crippen MR) is 99.6 cm³/mol. The molecule has 0 saturated heterocycles. The maximum Gasteiger partial charge on any atom is 0.377 e. The van der Waals surface area contributed by atoms with Gasteiger partial charge < -0.3 is 9.26 Å². The van der Waals surface area contributed by atoms with E-state index in [9.17, 15) is 4.79 Å². The summed E-state index contributed by atoms with van der Waals surface area (Å²) in [5.41, 5.74) is 4.55. The van der Waals surface area contributed by atoms with Crippen molar-refractivity contribution in [3.8, 4) is 11.3 Å². The van der Waals surface area contributed by atoms with E-state index >= 15 is 0 Å². The zero-order valence-electron chi connectivity index (χ0n) is 14.1. The minimum absolute atomic E-state index is 0.167. The molecule has 0 saturated carbocycles. The van der Waals surface area contributed by atoms with Crippen molar-refractivity contribution >= 4 is 21.9 Å². The van der Waals surface area contributed by atoms with Crippen molar-refractivity contribution in [2.75, 3.05) is 6.61 Å². The van der Waals surface area contributed by atoms with Gasteiger partial charge in [-0.3, -0.25) is 0 Å². The topological polar surface area (TPSA) is 52.3 Å². The van der Waals surface area contributed by atoms with Gasteiger partial charge in [-0.15, -0.1) is 0 Å². The predicted octanol–water partition coefficient (Wildman–Crippen LogP) is 5.18. The zero-order valence-corrected chi connectivity index (χ0v) is 15.7. The second kappa shape index (κ2) is 7.66. The summed E-state index contributed by atoms with van der Waals surface area (Å²) in [6.45, 7) is 4.08. The van der Waals surface area contributed by atoms with Gasteiger partial charge in [0.2, 0.25) is 5.76 Å². The number of rotatable bonds is 5. The Morgan fingerprint density at radius 3 is 2.44 bits per heavy atom. The van der Waals surface area contributed by atoms with Gasteiger partial charge in [0.15, 0.2) is 0 Å². The van der Waals surface area contributed by atoms with Gasteiger partial charge in [0, 0.05) is 22.0 Å². The van der Waals surface area contributed by atoms with Gasteiger partial charge in [-0.05, 0) is 31.5 Å². The summed E-state index contributed by atoms with van der Waals surface area (Å²) in [6, 6.07) is 15.9. The van der Waals surface area contributed by atoms with Crippen LogP contribution in [0.3, 0.4) is 0 Å². The fourth-order valence-electron chi connectivity index (χ4n) is 2.57. The van der Waals surface area contributed by atoms with Crippen LogP contribution in [-0.2, 0) is 11.2 Å². The Hall–Kier alpha value is -2.40. The zero-order chi connectivity index (χ0) is 17.8. The number of benzene rings is 2. The molecule has 2 aromatic carbocycles. The fourth-order valence-corrected chi connectivity index (χ4v) is 2.84. The van der Waals surface area contributed by atoms with E-state index in [0.29, 0.717) is 12.1 Å². The van der Waals surface area contributed by atoms with Crippen LogP contribution in [0, 0.1) is 6.92 Å². The summed E-state index contributed by atoms with van der Waals surface area (Å²) >= 11 is 3.43. The number of ether oxygens (including phenoxy) is 1. The second-order valence-corrected chi connectivity index (χ2v) is 6.64. The molecular weight excluding hydrogens is 382 g/mol. The Bertz CT molecular complexity index is 867. The molecule has 3 aromatic rings. The molecule has 0 aliphatic heterocycles. The molecule has 0 N–H and O–H groups in total. The molecular formula is C20H18BrNO3. The number of carbonyl (C=O) groups is 1. The van der Waals surface area contributed by atoms with Crippen LogP contribution in [0.25, 0.3) is 11.3 Å². The van der Waals surface area contributed by atoms with Crippen LogP contribution in [0.4, 0.5) is 0 Å². The number of esters is 1. The first-order valence-corrected chi connectivity index (χ1v) is 8.85. The summed E-state index contributed by atoms with van der Waals surface area (Å²) < 4.78 is 11.5. The van der Waals surface area contributed by atoms with E-state index in [1.54, 1.807) is 6.92 Å². The van der Waals surface area contributed by atoms with Gasteiger partial charge >= 0.3 is 5.97 Å². The normalized spacial score (nSPS) is 10.7. The van der Waals surface area contributed by atoms with Gasteiger partial charge in [0.05, 0.1) is 6.61 Å². The van der Waals surface area contributed by atoms with Crippen LogP contribution in [0.5, 0.6) is 0 Å². The van der Waals surface area contributed by atoms with E-state index in [0.717, 1.165) is 26.7 Å². The van der Waals surface area contributed by atoms with Crippen molar-refractivity contribution in [3.63, 3.8) is 0 Å². The van der Waals surface area contributed by atoms with Crippen molar-refractivity contribution in [2.24, 2.45) is 0 Å². The molecule has 0 bridgehead atoms. The monoisotopic (exact) mass is 399 g/mol. The van der Waals surface area contributed by atoms with Crippen LogP contribution < -0.4 is 0 Å². The number of nitrogens with zero attached hydrogens (tertiary/aromatic N) is 1. The van der Waals surface area contributed by atoms with Crippen molar-refractivity contribution in [1.82, 2.24) is 5.16 Å². The molecule has 4 nitrogen and oxygen atoms in total. The molecule has 3 rings (SSSR count). The van der Waals surface area contributed by atoms with Crippen LogP contribution in [-0.4, -0.2) is 17.7 Å². The highest BCUT2D eigenvalue weighted by Crippen LogP contribution is 2.29. The lowest BCUT2D eigenvalue weighted by molar-refractivity contribution is 0.0478. The maximum atomic E-state index is 12.2. The summed E-state index contributed by atoms with van der Waals surface area (Å²) in [6.07, 6.45) is 0.536. The molecule has 5 heteroatoms. The number of hydrogen-bond donors (Lipinski definition) is 0. The van der Waals surface area contributed by atoms with Gasteiger partial charge in [-0.25, -0.2) is 4.79 Å². The Kier molecular flexibility index (Phi) is 5.34. The van der Waals surface area contributed by atoms with Crippen LogP contribution >= 0.6 is 15.9 Å². The van der Waals surface area contributed by atoms with Crippen molar-refractivity contribution in [1.29, 1.82) is 0 Å². The summed E-state index contributed by atoms with van der Waals surface area (Å²) in [4.78, 5) is 12.2. The minimum atomic E-state index is -0.486. The summed E-state index contributed by atoms with van der Waals surface area (Å²) in [7, 11) is 0. The van der Waals surface area contributed by atoms with Gasteiger partial charge in [0.1, 0.15) is 5.69 Å². The Morgan fingerprint density at radius 1 is 1.12 bits per heavy atom. The number of hydrogen-bond acceptors (Lipinski definition) is 4. The maximum absolute atomic E-state index is 12.2. The van der Waals surface area contributed by atoms with E-state index in [-0.39, 0.29) is 12.4 Å². The molecule has 25 heavy (non-hydrogen) atoms. The van der Waals surface area contributed by atoms with E-state index in [1.165, 1.54) is 0 Å². The summed E-state index contributed by atoms with van der Waals surface area (Å²) in [5, 5.41) is 4.15. The van der Waals surface area contributed by atoms with Gasteiger partial charge in [0.25, 0.3) is 0 Å². The number of aromatic nitrogens is 1. The number of halogens is 1. The van der Waals surface area contributed by atoms with E-state index in [1.807, 2.05) is 55.5 Å². The van der Waals surface area contributed by atoms with Gasteiger partial charge in [-0.1, -0.05) is 63.0 Å². The standard InChI is InChI=1S/C20H18BrNO3/c1-3-24-20(23)19-17(12-14-6-10-16(21)11-7-14)18(22-25-19)15-8-4-13(2)5-9-15/h4-11H,3,12H2,1-2H3. The van der Waals surface area contributed by atoms with Crippen molar-refractivity contribution < 1.29 is 14.1 Å². The fraction of sp³-hybridized carbons (Fsp3) is 0.200. The highest BCUT2D eigenvalue weighted by molar-refractivity contribution is 9.10. The highest BCUT2D eigenvalue weighted by atomic mass is 79.9. The molecule has 0 amide bonds. The lowest BCUT2D eigenvalue weighted by Crippen LogP contribution is -2.07. The van der Waals surface area contributed by atoms with Crippen LogP contribution in [0.15, 0.2) is 57.5 Å². The number of aryl methyl sites for hydroxylation is 1. The molecule has 0 spiro atoms. The lowest BCUT2D eigenvalue weighted by atomic mass is 9.98. The molecule has 0 fully saturated rings. The number of carbonyl (C=O) groups excluding carboxylic acids is 1. The smallest absolute Gasteiger partial charge is 0.377 e. The third kappa shape index (κ3) is 3.99. The first-order chi connectivity index (χ1) is 12.1. The largest absolute Gasteiger partial charge is 0.460 e. The van der Waals surface area contributed by atoms with Crippen LogP contribution in [0.1, 0.15) is 34.2 Å². The molecule has 128 valence electrons. The molecule has 0 aliphatic rings. The minimum Gasteiger partial charge on any atom is -0.460 e. The molecule has 0 radical (unpaired) electrons. The Morgan fingerprint density at radius 2 is 1.80 bits per heavy atom. The van der Waals surface area contributed by atoms with E-state index in [2.05, 4.69) is 21.1 Å². The quantitative estimate of drug-likeness (QED) is 0.554. The highest BCUT2D eigenvalue weighted by Gasteiger charge is 2.24. The first kappa shape index (κ1) is 17.4. The van der Waals surface area contributed by atoms with E-state index < -0.39 is 5.97 Å². The molecule has 0 aliphatic carbocycles. The van der Waals surface area contributed by atoms with E-state index in [4.69, 9.17) is 9.26 Å². The SMILES string of the molecule is CCOC(=O)c1onc(-c2ccc(C)cc2)c1Cc1ccc(Br)cc1. The van der Waals surface area contributed by atoms with Crippen molar-refractivity contribution in [2.45, 2.75) is 20.3 Å². The molecule has 0 unspecified atom stereocenters. The first-order valence-electron chi connectivity index (χ1n) is 8.05. The average Bonchev–Trinajstić information content (AvgIpc) is 3.01. The second-order valence-electron chi connectivity index (χ2n) is 5.73. The van der Waals surface area contributed by atoms with Gasteiger partial charge in [-0.2, -0.15) is 0 Å². The third-order valence-corrected chi connectivity index (χ3v) is 4.40.